The van der Waals surface area contributed by atoms with E-state index in [2.05, 4.69) is 62.6 Å². The van der Waals surface area contributed by atoms with Gasteiger partial charge in [0.05, 0.1) is 7.11 Å². The van der Waals surface area contributed by atoms with Crippen molar-refractivity contribution in [2.75, 3.05) is 18.2 Å². The molecule has 7 nitrogen and oxygen atoms in total. The second-order valence-corrected chi connectivity index (χ2v) is 8.10. The van der Waals surface area contributed by atoms with E-state index in [1.54, 1.807) is 7.11 Å². The van der Waals surface area contributed by atoms with Gasteiger partial charge in [0, 0.05) is 50.6 Å². The molecule has 7 heteroatoms. The Morgan fingerprint density at radius 2 is 1.84 bits per heavy atom. The predicted molar refractivity (Wildman–Crippen MR) is 130 cm³/mol. The largest absolute Gasteiger partial charge is 0.497 e. The first-order valence-corrected chi connectivity index (χ1v) is 10.6. The van der Waals surface area contributed by atoms with Crippen LogP contribution in [-0.4, -0.2) is 27.0 Å². The van der Waals surface area contributed by atoms with Gasteiger partial charge in [0.2, 0.25) is 5.95 Å². The molecule has 3 heterocycles. The number of nitrogens with one attached hydrogen (secondary N) is 3. The number of hydrogen-bond acceptors (Lipinski definition) is 5. The molecule has 5 aromatic rings. The summed E-state index contributed by atoms with van der Waals surface area (Å²) in [5, 5.41) is 5.79. The Kier molecular flexibility index (Phi) is 4.93. The number of aromatic nitrogens is 4. The summed E-state index contributed by atoms with van der Waals surface area (Å²) in [6.07, 6.45) is 3.68. The van der Waals surface area contributed by atoms with Gasteiger partial charge in [0.1, 0.15) is 11.6 Å². The summed E-state index contributed by atoms with van der Waals surface area (Å²) < 4.78 is 5.40. The number of methoxy groups -OCH3 is 1. The van der Waals surface area contributed by atoms with Crippen LogP contribution in [0.3, 0.4) is 0 Å². The molecule has 0 fully saturated rings. The molecule has 3 aromatic heterocycles. The first-order chi connectivity index (χ1) is 15.5. The molecule has 0 amide bonds. The maximum atomic E-state index is 5.99. The van der Waals surface area contributed by atoms with Crippen LogP contribution in [0.4, 0.5) is 17.5 Å². The summed E-state index contributed by atoms with van der Waals surface area (Å²) in [5.74, 6) is 1.87. The van der Waals surface area contributed by atoms with Gasteiger partial charge in [-0.1, -0.05) is 0 Å². The van der Waals surface area contributed by atoms with Crippen molar-refractivity contribution in [2.24, 2.45) is 0 Å². The Labute approximate surface area is 186 Å². The van der Waals surface area contributed by atoms with Crippen LogP contribution in [0.2, 0.25) is 0 Å². The van der Waals surface area contributed by atoms with E-state index in [4.69, 9.17) is 10.5 Å². The highest BCUT2D eigenvalue weighted by Gasteiger charge is 2.14. The normalized spacial score (nSPS) is 11.3. The molecule has 0 aliphatic heterocycles. The smallest absolute Gasteiger partial charge is 0.222 e. The van der Waals surface area contributed by atoms with Gasteiger partial charge in [-0.3, -0.25) is 0 Å². The lowest BCUT2D eigenvalue weighted by molar-refractivity contribution is 0.415. The SMILES string of the molecule is COc1ccc2[nH]cc(CCc3c(C)nc(N)nc3Nc3ccc4[nH]c(C)cc4c3)c2c1. The van der Waals surface area contributed by atoms with Crippen molar-refractivity contribution in [3.63, 3.8) is 0 Å². The summed E-state index contributed by atoms with van der Waals surface area (Å²) in [6, 6.07) is 14.4. The zero-order valence-corrected chi connectivity index (χ0v) is 18.4. The number of fused-ring (bicyclic) bond motifs is 2. The third kappa shape index (κ3) is 3.73. The molecule has 0 aliphatic carbocycles. The highest BCUT2D eigenvalue weighted by molar-refractivity contribution is 5.85. The third-order valence-corrected chi connectivity index (χ3v) is 5.87. The average Bonchev–Trinajstić information content (AvgIpc) is 3.34. The maximum absolute atomic E-state index is 5.99. The zero-order chi connectivity index (χ0) is 22.2. The highest BCUT2D eigenvalue weighted by Crippen LogP contribution is 2.28. The quantitative estimate of drug-likeness (QED) is 0.300. The molecule has 0 spiro atoms. The van der Waals surface area contributed by atoms with Gasteiger partial charge in [-0.05, 0) is 74.7 Å². The minimum atomic E-state index is 0.268. The van der Waals surface area contributed by atoms with E-state index in [1.807, 2.05) is 25.1 Å². The summed E-state index contributed by atoms with van der Waals surface area (Å²) in [5.41, 5.74) is 13.5. The number of benzene rings is 2. The molecule has 0 radical (unpaired) electrons. The predicted octanol–water partition coefficient (Wildman–Crippen LogP) is 5.18. The van der Waals surface area contributed by atoms with E-state index in [0.717, 1.165) is 63.5 Å². The van der Waals surface area contributed by atoms with Crippen LogP contribution < -0.4 is 15.8 Å². The zero-order valence-electron chi connectivity index (χ0n) is 18.4. The number of aromatic amines is 2. The minimum absolute atomic E-state index is 0.268. The molecular weight excluding hydrogens is 400 g/mol. The van der Waals surface area contributed by atoms with Crippen molar-refractivity contribution in [2.45, 2.75) is 26.7 Å². The summed E-state index contributed by atoms with van der Waals surface area (Å²) in [6.45, 7) is 4.04. The summed E-state index contributed by atoms with van der Waals surface area (Å²) in [7, 11) is 1.69. The Morgan fingerprint density at radius 3 is 2.69 bits per heavy atom. The number of ether oxygens (including phenoxy) is 1. The van der Waals surface area contributed by atoms with Crippen molar-refractivity contribution in [1.29, 1.82) is 0 Å². The lowest BCUT2D eigenvalue weighted by atomic mass is 10.0. The molecule has 0 atom stereocenters. The topological polar surface area (TPSA) is 105 Å². The molecule has 5 N–H and O–H groups in total. The van der Waals surface area contributed by atoms with E-state index >= 15 is 0 Å². The van der Waals surface area contributed by atoms with Crippen LogP contribution in [0, 0.1) is 13.8 Å². The number of hydrogen-bond donors (Lipinski definition) is 4. The van der Waals surface area contributed by atoms with Crippen LogP contribution in [0.5, 0.6) is 5.75 Å². The van der Waals surface area contributed by atoms with E-state index < -0.39 is 0 Å². The monoisotopic (exact) mass is 426 g/mol. The average molecular weight is 427 g/mol. The minimum Gasteiger partial charge on any atom is -0.497 e. The molecule has 0 aliphatic rings. The number of nitrogens with two attached hydrogens (primary N) is 1. The van der Waals surface area contributed by atoms with E-state index in [-0.39, 0.29) is 5.95 Å². The standard InChI is InChI=1S/C25H26N6O/c1-14-10-17-11-18(5-8-22(17)28-14)30-24-20(15(2)29-25(26)31-24)7-4-16-13-27-23-9-6-19(32-3)12-21(16)23/h5-6,8-13,27-28H,4,7H2,1-3H3,(H3,26,29,30,31). The second-order valence-electron chi connectivity index (χ2n) is 8.10. The van der Waals surface area contributed by atoms with Gasteiger partial charge in [-0.25, -0.2) is 4.98 Å². The fourth-order valence-electron chi connectivity index (χ4n) is 4.26. The van der Waals surface area contributed by atoms with E-state index in [0.29, 0.717) is 0 Å². The number of anilines is 3. The van der Waals surface area contributed by atoms with Crippen molar-refractivity contribution < 1.29 is 4.74 Å². The Morgan fingerprint density at radius 1 is 1.00 bits per heavy atom. The molecule has 0 saturated carbocycles. The molecule has 0 bridgehead atoms. The molecule has 0 unspecified atom stereocenters. The first-order valence-electron chi connectivity index (χ1n) is 10.6. The van der Waals surface area contributed by atoms with Crippen LogP contribution in [-0.2, 0) is 12.8 Å². The Hall–Kier alpha value is -4.00. The fourth-order valence-corrected chi connectivity index (χ4v) is 4.26. The van der Waals surface area contributed by atoms with Gasteiger partial charge in [-0.2, -0.15) is 4.98 Å². The lowest BCUT2D eigenvalue weighted by Gasteiger charge is -2.14. The highest BCUT2D eigenvalue weighted by atomic mass is 16.5. The molecule has 162 valence electrons. The van der Waals surface area contributed by atoms with Gasteiger partial charge in [0.15, 0.2) is 0 Å². The van der Waals surface area contributed by atoms with Gasteiger partial charge in [-0.15, -0.1) is 0 Å². The van der Waals surface area contributed by atoms with Crippen LogP contribution >= 0.6 is 0 Å². The molecular formula is C25H26N6O. The summed E-state index contributed by atoms with van der Waals surface area (Å²) in [4.78, 5) is 15.6. The van der Waals surface area contributed by atoms with Crippen molar-refractivity contribution >= 4 is 39.3 Å². The maximum Gasteiger partial charge on any atom is 0.222 e. The number of nitrogen functional groups attached to an aromatic ring is 1. The summed E-state index contributed by atoms with van der Waals surface area (Å²) >= 11 is 0. The molecule has 32 heavy (non-hydrogen) atoms. The number of nitrogens with zero attached hydrogens (tertiary/aromatic N) is 2. The number of aryl methyl sites for hydroxylation is 3. The van der Waals surface area contributed by atoms with Crippen LogP contribution in [0.1, 0.15) is 22.5 Å². The number of rotatable bonds is 6. The lowest BCUT2D eigenvalue weighted by Crippen LogP contribution is -2.08. The number of H-pyrrole nitrogens is 2. The third-order valence-electron chi connectivity index (χ3n) is 5.87. The Bertz CT molecular complexity index is 1430. The first kappa shape index (κ1) is 19.9. The second kappa shape index (κ2) is 7.92. The van der Waals surface area contributed by atoms with Crippen molar-refractivity contribution in [1.82, 2.24) is 19.9 Å². The Balaban J connectivity index is 1.45. The molecule has 2 aromatic carbocycles. The van der Waals surface area contributed by atoms with Gasteiger partial charge in [0.25, 0.3) is 0 Å². The van der Waals surface area contributed by atoms with E-state index in [9.17, 15) is 0 Å². The van der Waals surface area contributed by atoms with Gasteiger partial charge >= 0.3 is 0 Å². The van der Waals surface area contributed by atoms with E-state index in [1.165, 1.54) is 10.9 Å². The van der Waals surface area contributed by atoms with Crippen molar-refractivity contribution in [3.8, 4) is 5.75 Å². The van der Waals surface area contributed by atoms with Gasteiger partial charge < -0.3 is 25.8 Å². The van der Waals surface area contributed by atoms with Crippen molar-refractivity contribution in [3.05, 3.63) is 71.2 Å². The molecule has 5 rings (SSSR count). The molecule has 0 saturated heterocycles. The van der Waals surface area contributed by atoms with Crippen LogP contribution in [0.25, 0.3) is 21.8 Å². The fraction of sp³-hybridized carbons (Fsp3) is 0.200. The van der Waals surface area contributed by atoms with Crippen LogP contribution in [0.15, 0.2) is 48.7 Å².